The van der Waals surface area contributed by atoms with Crippen molar-refractivity contribution in [2.45, 2.75) is 34.2 Å². The molecule has 0 unspecified atom stereocenters. The van der Waals surface area contributed by atoms with E-state index in [1.807, 2.05) is 35.0 Å². The van der Waals surface area contributed by atoms with Gasteiger partial charge in [-0.1, -0.05) is 13.8 Å². The summed E-state index contributed by atoms with van der Waals surface area (Å²) in [5.74, 6) is 1.06. The third-order valence-electron chi connectivity index (χ3n) is 4.16. The first kappa shape index (κ1) is 17.0. The molecule has 0 radical (unpaired) electrons. The topological polar surface area (TPSA) is 51.9 Å². The maximum Gasteiger partial charge on any atom is 0.256 e. The van der Waals surface area contributed by atoms with Crippen molar-refractivity contribution in [3.8, 4) is 5.69 Å². The van der Waals surface area contributed by atoms with Crippen LogP contribution in [0.15, 0.2) is 48.7 Å². The molecule has 1 N–H and O–H groups in total. The van der Waals surface area contributed by atoms with Gasteiger partial charge in [-0.05, 0) is 56.2 Å². The molecule has 2 aromatic heterocycles. The molecule has 0 saturated heterocycles. The molecule has 0 aliphatic rings. The molecule has 0 aliphatic heterocycles. The van der Waals surface area contributed by atoms with Crippen molar-refractivity contribution < 1.29 is 4.79 Å². The molecule has 0 saturated carbocycles. The summed E-state index contributed by atoms with van der Waals surface area (Å²) < 4.78 is 3.99. The molecule has 25 heavy (non-hydrogen) atoms. The number of nitrogens with zero attached hydrogens (tertiary/aromatic N) is 3. The summed E-state index contributed by atoms with van der Waals surface area (Å²) in [6, 6.07) is 13.7. The molecule has 1 amide bonds. The number of hydrogen-bond acceptors (Lipinski definition) is 2. The number of amides is 1. The Bertz CT molecular complexity index is 852. The molecule has 0 spiro atoms. The molecule has 5 nitrogen and oxygen atoms in total. The molecule has 5 heteroatoms. The normalized spacial score (nSPS) is 11.1. The van der Waals surface area contributed by atoms with Crippen LogP contribution < -0.4 is 5.32 Å². The fraction of sp³-hybridized carbons (Fsp3) is 0.300. The second-order valence-corrected chi connectivity index (χ2v) is 6.74. The summed E-state index contributed by atoms with van der Waals surface area (Å²) in [5, 5.41) is 7.21. The van der Waals surface area contributed by atoms with Gasteiger partial charge in [0, 0.05) is 35.2 Å². The van der Waals surface area contributed by atoms with Crippen molar-refractivity contribution in [3.05, 3.63) is 65.6 Å². The molecule has 0 atom stereocenters. The second kappa shape index (κ2) is 6.97. The van der Waals surface area contributed by atoms with Gasteiger partial charge in [0.15, 0.2) is 0 Å². The number of rotatable bonds is 5. The summed E-state index contributed by atoms with van der Waals surface area (Å²) in [7, 11) is 0. The molecule has 3 aromatic rings. The lowest BCUT2D eigenvalue weighted by Crippen LogP contribution is -2.17. The maximum absolute atomic E-state index is 12.5. The number of aryl methyl sites for hydroxylation is 2. The van der Waals surface area contributed by atoms with Gasteiger partial charge in [-0.25, -0.2) is 4.68 Å². The van der Waals surface area contributed by atoms with Gasteiger partial charge in [0.1, 0.15) is 5.82 Å². The van der Waals surface area contributed by atoms with E-state index in [9.17, 15) is 4.79 Å². The van der Waals surface area contributed by atoms with E-state index in [1.54, 1.807) is 6.20 Å². The third kappa shape index (κ3) is 3.65. The number of anilines is 1. The Hall–Kier alpha value is -2.82. The molecule has 0 aliphatic carbocycles. The van der Waals surface area contributed by atoms with Gasteiger partial charge in [0.25, 0.3) is 5.91 Å². The largest absolute Gasteiger partial charge is 0.319 e. The van der Waals surface area contributed by atoms with Crippen molar-refractivity contribution in [2.75, 3.05) is 5.32 Å². The lowest BCUT2D eigenvalue weighted by atomic mass is 10.2. The minimum Gasteiger partial charge on any atom is -0.319 e. The highest BCUT2D eigenvalue weighted by Gasteiger charge is 2.11. The quantitative estimate of drug-likeness (QED) is 0.759. The van der Waals surface area contributed by atoms with Crippen LogP contribution in [0.5, 0.6) is 0 Å². The zero-order valence-electron chi connectivity index (χ0n) is 15.2. The van der Waals surface area contributed by atoms with E-state index in [0.29, 0.717) is 11.5 Å². The SMILES string of the molecule is Cc1ccc(C)n1-c1ccc(C(=O)Nc2ccnn2CC(C)C)cc1. The van der Waals surface area contributed by atoms with E-state index in [1.165, 1.54) is 11.4 Å². The van der Waals surface area contributed by atoms with E-state index >= 15 is 0 Å². The predicted molar refractivity (Wildman–Crippen MR) is 100 cm³/mol. The standard InChI is InChI=1S/C20H24N4O/c1-14(2)13-23-19(11-12-21-23)22-20(25)17-7-9-18(10-8-17)24-15(3)5-6-16(24)4/h5-12,14H,13H2,1-4H3,(H,22,25). The molecule has 3 rings (SSSR count). The van der Waals surface area contributed by atoms with Gasteiger partial charge < -0.3 is 9.88 Å². The average molecular weight is 336 g/mol. The number of carbonyl (C=O) groups excluding carboxylic acids is 1. The smallest absolute Gasteiger partial charge is 0.256 e. The Morgan fingerprint density at radius 2 is 1.68 bits per heavy atom. The van der Waals surface area contributed by atoms with Crippen molar-refractivity contribution >= 4 is 11.7 Å². The van der Waals surface area contributed by atoms with Crippen LogP contribution in [0.1, 0.15) is 35.6 Å². The van der Waals surface area contributed by atoms with E-state index in [-0.39, 0.29) is 5.91 Å². The second-order valence-electron chi connectivity index (χ2n) is 6.74. The summed E-state index contributed by atoms with van der Waals surface area (Å²) in [6.07, 6.45) is 1.71. The monoisotopic (exact) mass is 336 g/mol. The van der Waals surface area contributed by atoms with Crippen LogP contribution in [0.4, 0.5) is 5.82 Å². The highest BCUT2D eigenvalue weighted by Crippen LogP contribution is 2.18. The molecular weight excluding hydrogens is 312 g/mol. The zero-order chi connectivity index (χ0) is 18.0. The molecule has 2 heterocycles. The van der Waals surface area contributed by atoms with E-state index in [2.05, 4.69) is 54.8 Å². The minimum atomic E-state index is -0.127. The Morgan fingerprint density at radius 3 is 2.28 bits per heavy atom. The van der Waals surface area contributed by atoms with E-state index in [4.69, 9.17) is 0 Å². The predicted octanol–water partition coefficient (Wildman–Crippen LogP) is 4.20. The molecule has 0 fully saturated rings. The van der Waals surface area contributed by atoms with Crippen LogP contribution in [0.2, 0.25) is 0 Å². The highest BCUT2D eigenvalue weighted by atomic mass is 16.1. The fourth-order valence-electron chi connectivity index (χ4n) is 2.96. The molecule has 130 valence electrons. The first-order valence-corrected chi connectivity index (χ1v) is 8.54. The lowest BCUT2D eigenvalue weighted by molar-refractivity contribution is 0.102. The van der Waals surface area contributed by atoms with Gasteiger partial charge in [-0.15, -0.1) is 0 Å². The van der Waals surface area contributed by atoms with Crippen molar-refractivity contribution in [3.63, 3.8) is 0 Å². The molecule has 0 bridgehead atoms. The van der Waals surface area contributed by atoms with Crippen molar-refractivity contribution in [2.24, 2.45) is 5.92 Å². The number of aromatic nitrogens is 3. The number of carbonyl (C=O) groups is 1. The Kier molecular flexibility index (Phi) is 4.74. The van der Waals surface area contributed by atoms with Crippen molar-refractivity contribution in [1.29, 1.82) is 0 Å². The van der Waals surface area contributed by atoms with Gasteiger partial charge in [-0.2, -0.15) is 5.10 Å². The number of benzene rings is 1. The highest BCUT2D eigenvalue weighted by molar-refractivity contribution is 6.03. The average Bonchev–Trinajstić information content (AvgIpc) is 3.13. The van der Waals surface area contributed by atoms with Crippen LogP contribution in [0, 0.1) is 19.8 Å². The third-order valence-corrected chi connectivity index (χ3v) is 4.16. The van der Waals surface area contributed by atoms with Gasteiger partial charge >= 0.3 is 0 Å². The summed E-state index contributed by atoms with van der Waals surface area (Å²) in [4.78, 5) is 12.5. The Balaban J connectivity index is 1.77. The maximum atomic E-state index is 12.5. The molecular formula is C20H24N4O. The Labute approximate surface area is 148 Å². The number of hydrogen-bond donors (Lipinski definition) is 1. The number of nitrogens with one attached hydrogen (secondary N) is 1. The van der Waals surface area contributed by atoms with Gasteiger partial charge in [-0.3, -0.25) is 4.79 Å². The van der Waals surface area contributed by atoms with Gasteiger partial charge in [0.05, 0.1) is 6.20 Å². The van der Waals surface area contributed by atoms with Crippen LogP contribution >= 0.6 is 0 Å². The fourth-order valence-corrected chi connectivity index (χ4v) is 2.96. The van der Waals surface area contributed by atoms with E-state index in [0.717, 1.165) is 18.1 Å². The van der Waals surface area contributed by atoms with Crippen LogP contribution in [-0.4, -0.2) is 20.3 Å². The van der Waals surface area contributed by atoms with Crippen LogP contribution in [0.3, 0.4) is 0 Å². The Morgan fingerprint density at radius 1 is 1.04 bits per heavy atom. The van der Waals surface area contributed by atoms with E-state index < -0.39 is 0 Å². The lowest BCUT2D eigenvalue weighted by Gasteiger charge is -2.12. The van der Waals surface area contributed by atoms with Crippen LogP contribution in [0.25, 0.3) is 5.69 Å². The minimum absolute atomic E-state index is 0.127. The first-order valence-electron chi connectivity index (χ1n) is 8.54. The summed E-state index contributed by atoms with van der Waals surface area (Å²) >= 11 is 0. The van der Waals surface area contributed by atoms with Gasteiger partial charge in [0.2, 0.25) is 0 Å². The van der Waals surface area contributed by atoms with Crippen LogP contribution in [-0.2, 0) is 6.54 Å². The molecule has 1 aromatic carbocycles. The summed E-state index contributed by atoms with van der Waals surface area (Å²) in [6.45, 7) is 9.16. The summed E-state index contributed by atoms with van der Waals surface area (Å²) in [5.41, 5.74) is 4.03. The zero-order valence-corrected chi connectivity index (χ0v) is 15.2. The first-order chi connectivity index (χ1) is 12.0. The van der Waals surface area contributed by atoms with Crippen molar-refractivity contribution in [1.82, 2.24) is 14.3 Å².